The smallest absolute Gasteiger partial charge is 0.320 e. The maximum absolute atomic E-state index is 11.1. The molecule has 0 radical (unpaired) electrons. The lowest BCUT2D eigenvalue weighted by Crippen LogP contribution is -2.47. The Morgan fingerprint density at radius 1 is 1.43 bits per heavy atom. The van der Waals surface area contributed by atoms with Gasteiger partial charge in [-0.2, -0.15) is 5.10 Å². The second-order valence-electron chi connectivity index (χ2n) is 5.67. The van der Waals surface area contributed by atoms with Crippen LogP contribution in [0.15, 0.2) is 24.3 Å². The molecule has 1 aromatic carbocycles. The zero-order valence-corrected chi connectivity index (χ0v) is 12.2. The third-order valence-corrected chi connectivity index (χ3v) is 4.25. The number of aliphatic carboxylic acids is 1. The van der Waals surface area contributed by atoms with Gasteiger partial charge in [0.25, 0.3) is 0 Å². The van der Waals surface area contributed by atoms with Gasteiger partial charge in [-0.3, -0.25) is 9.48 Å². The highest BCUT2D eigenvalue weighted by Gasteiger charge is 2.27. The number of nitrogens with zero attached hydrogens (tertiary/aromatic N) is 2. The van der Waals surface area contributed by atoms with Crippen LogP contribution in [0.1, 0.15) is 31.9 Å². The largest absolute Gasteiger partial charge is 0.480 e. The lowest BCUT2D eigenvalue weighted by molar-refractivity contribution is -0.140. The molecule has 0 amide bonds. The molecule has 2 heterocycles. The highest BCUT2D eigenvalue weighted by atomic mass is 16.4. The van der Waals surface area contributed by atoms with Gasteiger partial charge in [-0.15, -0.1) is 0 Å². The van der Waals surface area contributed by atoms with Crippen LogP contribution in [-0.4, -0.2) is 32.9 Å². The average Bonchev–Trinajstić information content (AvgIpc) is 2.86. The minimum Gasteiger partial charge on any atom is -0.480 e. The number of fused-ring (bicyclic) bond motifs is 1. The van der Waals surface area contributed by atoms with Crippen LogP contribution in [0.25, 0.3) is 10.9 Å². The highest BCUT2D eigenvalue weighted by Crippen LogP contribution is 2.22. The minimum atomic E-state index is -0.747. The van der Waals surface area contributed by atoms with E-state index in [-0.39, 0.29) is 6.04 Å². The monoisotopic (exact) mass is 287 g/mol. The Bertz CT molecular complexity index is 650. The van der Waals surface area contributed by atoms with Crippen molar-refractivity contribution in [3.05, 3.63) is 30.0 Å². The number of hydrogen-bond donors (Lipinski definition) is 2. The van der Waals surface area contributed by atoms with Gasteiger partial charge in [0.1, 0.15) is 6.04 Å². The molecule has 0 spiro atoms. The van der Waals surface area contributed by atoms with Crippen LogP contribution in [0, 0.1) is 0 Å². The number of para-hydroxylation sites is 1. The van der Waals surface area contributed by atoms with Crippen molar-refractivity contribution in [2.24, 2.45) is 0 Å². The summed E-state index contributed by atoms with van der Waals surface area (Å²) in [5, 5.41) is 18.3. The summed E-state index contributed by atoms with van der Waals surface area (Å²) >= 11 is 0. The molecule has 2 N–H and O–H groups in total. The van der Waals surface area contributed by atoms with E-state index < -0.39 is 12.0 Å². The van der Waals surface area contributed by atoms with E-state index in [4.69, 9.17) is 10.2 Å². The van der Waals surface area contributed by atoms with Crippen LogP contribution in [-0.2, 0) is 17.8 Å². The minimum absolute atomic E-state index is 0.198. The molecule has 2 unspecified atom stereocenters. The molecule has 1 saturated heterocycles. The van der Waals surface area contributed by atoms with Crippen LogP contribution in [0.2, 0.25) is 0 Å². The fourth-order valence-electron chi connectivity index (χ4n) is 3.20. The zero-order valence-electron chi connectivity index (χ0n) is 12.2. The first-order valence-corrected chi connectivity index (χ1v) is 7.62. The Morgan fingerprint density at radius 2 is 2.24 bits per heavy atom. The van der Waals surface area contributed by atoms with Gasteiger partial charge in [0.15, 0.2) is 0 Å². The highest BCUT2D eigenvalue weighted by molar-refractivity contribution is 5.82. The van der Waals surface area contributed by atoms with Crippen molar-refractivity contribution in [1.29, 1.82) is 0 Å². The Morgan fingerprint density at radius 3 is 3.00 bits per heavy atom. The summed E-state index contributed by atoms with van der Waals surface area (Å²) in [5.74, 6) is -0.747. The number of aromatic nitrogens is 2. The van der Waals surface area contributed by atoms with E-state index in [0.29, 0.717) is 0 Å². The molecule has 1 aliphatic rings. The predicted molar refractivity (Wildman–Crippen MR) is 81.3 cm³/mol. The average molecular weight is 287 g/mol. The number of carbonyl (C=O) groups is 1. The van der Waals surface area contributed by atoms with Crippen molar-refractivity contribution in [3.8, 4) is 0 Å². The molecule has 2 atom stereocenters. The zero-order chi connectivity index (χ0) is 14.8. The van der Waals surface area contributed by atoms with E-state index in [9.17, 15) is 4.79 Å². The number of piperidine rings is 1. The molecule has 3 rings (SSSR count). The molecule has 1 aliphatic heterocycles. The molecule has 21 heavy (non-hydrogen) atoms. The number of rotatable bonds is 4. The van der Waals surface area contributed by atoms with Crippen molar-refractivity contribution in [3.63, 3.8) is 0 Å². The van der Waals surface area contributed by atoms with Crippen molar-refractivity contribution >= 4 is 16.9 Å². The van der Waals surface area contributed by atoms with Crippen molar-refractivity contribution in [2.75, 3.05) is 0 Å². The van der Waals surface area contributed by atoms with Crippen molar-refractivity contribution in [1.82, 2.24) is 15.1 Å². The summed E-state index contributed by atoms with van der Waals surface area (Å²) < 4.78 is 2.02. The normalized spacial score (nSPS) is 22.5. The van der Waals surface area contributed by atoms with Gasteiger partial charge in [0, 0.05) is 24.4 Å². The molecule has 5 heteroatoms. The van der Waals surface area contributed by atoms with Crippen LogP contribution in [0.4, 0.5) is 0 Å². The van der Waals surface area contributed by atoms with E-state index in [1.165, 1.54) is 5.39 Å². The third-order valence-electron chi connectivity index (χ3n) is 4.25. The molecule has 2 aromatic rings. The fourth-order valence-corrected chi connectivity index (χ4v) is 3.20. The summed E-state index contributed by atoms with van der Waals surface area (Å²) in [6.45, 7) is 2.93. The van der Waals surface area contributed by atoms with Gasteiger partial charge in [-0.1, -0.05) is 18.2 Å². The summed E-state index contributed by atoms with van der Waals surface area (Å²) in [4.78, 5) is 11.1. The summed E-state index contributed by atoms with van der Waals surface area (Å²) in [7, 11) is 0. The number of carboxylic acid groups (broad SMARTS) is 1. The van der Waals surface area contributed by atoms with Gasteiger partial charge >= 0.3 is 5.97 Å². The van der Waals surface area contributed by atoms with Crippen LogP contribution >= 0.6 is 0 Å². The van der Waals surface area contributed by atoms with E-state index in [2.05, 4.69) is 24.4 Å². The van der Waals surface area contributed by atoms with Crippen LogP contribution in [0.5, 0.6) is 0 Å². The number of carboxylic acids is 1. The Labute approximate surface area is 124 Å². The standard InChI is InChI=1S/C16H21N3O2/c1-2-19-15-9-4-3-7-12(15)14(18-19)10-11-6-5-8-13(17-11)16(20)21/h3-4,7,9,11,13,17H,2,5-6,8,10H2,1H3,(H,20,21). The molecule has 5 nitrogen and oxygen atoms in total. The predicted octanol–water partition coefficient (Wildman–Crippen LogP) is 2.19. The molecule has 0 saturated carbocycles. The van der Waals surface area contributed by atoms with Crippen LogP contribution < -0.4 is 5.32 Å². The van der Waals surface area contributed by atoms with Gasteiger partial charge in [-0.05, 0) is 32.3 Å². The van der Waals surface area contributed by atoms with Gasteiger partial charge in [0.2, 0.25) is 0 Å². The lowest BCUT2D eigenvalue weighted by Gasteiger charge is -2.28. The molecule has 1 fully saturated rings. The first kappa shape index (κ1) is 14.1. The summed E-state index contributed by atoms with van der Waals surface area (Å²) in [5.41, 5.74) is 2.22. The summed E-state index contributed by atoms with van der Waals surface area (Å²) in [6.07, 6.45) is 3.48. The number of aryl methyl sites for hydroxylation is 1. The van der Waals surface area contributed by atoms with Crippen LogP contribution in [0.3, 0.4) is 0 Å². The first-order chi connectivity index (χ1) is 10.2. The maximum atomic E-state index is 11.1. The van der Waals surface area contributed by atoms with Crippen molar-refractivity contribution in [2.45, 2.75) is 51.2 Å². The number of hydrogen-bond acceptors (Lipinski definition) is 3. The molecule has 0 bridgehead atoms. The molecular weight excluding hydrogens is 266 g/mol. The third kappa shape index (κ3) is 2.78. The molecular formula is C16H21N3O2. The molecule has 112 valence electrons. The van der Waals surface area contributed by atoms with E-state index in [0.717, 1.165) is 43.4 Å². The van der Waals surface area contributed by atoms with Crippen molar-refractivity contribution < 1.29 is 9.90 Å². The van der Waals surface area contributed by atoms with E-state index in [1.807, 2.05) is 16.8 Å². The quantitative estimate of drug-likeness (QED) is 0.904. The molecule has 0 aliphatic carbocycles. The maximum Gasteiger partial charge on any atom is 0.320 e. The lowest BCUT2D eigenvalue weighted by atomic mass is 9.95. The topological polar surface area (TPSA) is 67.2 Å². The number of benzene rings is 1. The van der Waals surface area contributed by atoms with Gasteiger partial charge in [-0.25, -0.2) is 0 Å². The Hall–Kier alpha value is -1.88. The first-order valence-electron chi connectivity index (χ1n) is 7.62. The second-order valence-corrected chi connectivity index (χ2v) is 5.67. The number of nitrogens with one attached hydrogen (secondary N) is 1. The van der Waals surface area contributed by atoms with Gasteiger partial charge < -0.3 is 10.4 Å². The Balaban J connectivity index is 1.83. The second kappa shape index (κ2) is 5.85. The van der Waals surface area contributed by atoms with E-state index >= 15 is 0 Å². The van der Waals surface area contributed by atoms with Gasteiger partial charge in [0.05, 0.1) is 11.2 Å². The Kier molecular flexibility index (Phi) is 3.92. The summed E-state index contributed by atoms with van der Waals surface area (Å²) in [6, 6.07) is 8.03. The fraction of sp³-hybridized carbons (Fsp3) is 0.500. The van der Waals surface area contributed by atoms with E-state index in [1.54, 1.807) is 0 Å². The SMILES string of the molecule is CCn1nc(CC2CCCC(C(=O)O)N2)c2ccccc21. The molecule has 1 aromatic heterocycles.